The molecule has 0 radical (unpaired) electrons. The van der Waals surface area contributed by atoms with E-state index in [9.17, 15) is 0 Å². The molecule has 0 N–H and O–H groups in total. The van der Waals surface area contributed by atoms with Crippen LogP contribution >= 0.6 is 0 Å². The van der Waals surface area contributed by atoms with Crippen LogP contribution in [0.15, 0.2) is 12.1 Å². The zero-order chi connectivity index (χ0) is 20.5. The summed E-state index contributed by atoms with van der Waals surface area (Å²) in [5.74, 6) is 2.14. The first kappa shape index (κ1) is 23.1. The van der Waals surface area contributed by atoms with Crippen molar-refractivity contribution < 1.29 is 4.74 Å². The third-order valence-corrected chi connectivity index (χ3v) is 4.84. The van der Waals surface area contributed by atoms with Crippen LogP contribution in [-0.4, -0.2) is 5.60 Å². The highest BCUT2D eigenvalue weighted by atomic mass is 16.5. The quantitative estimate of drug-likeness (QED) is 0.515. The van der Waals surface area contributed by atoms with E-state index in [1.54, 1.807) is 0 Å². The molecule has 0 saturated carbocycles. The van der Waals surface area contributed by atoms with Gasteiger partial charge >= 0.3 is 0 Å². The lowest BCUT2D eigenvalue weighted by molar-refractivity contribution is 0.124. The van der Waals surface area contributed by atoms with Crippen molar-refractivity contribution in [1.29, 1.82) is 0 Å². The summed E-state index contributed by atoms with van der Waals surface area (Å²) in [5.41, 5.74) is 4.45. The lowest BCUT2D eigenvalue weighted by Gasteiger charge is -2.36. The van der Waals surface area contributed by atoms with Crippen molar-refractivity contribution in [2.75, 3.05) is 0 Å². The van der Waals surface area contributed by atoms with E-state index in [1.807, 2.05) is 0 Å². The Morgan fingerprint density at radius 3 is 1.77 bits per heavy atom. The fraction of sp³-hybridized carbons (Fsp3) is 0.760. The van der Waals surface area contributed by atoms with E-state index in [4.69, 9.17) is 4.74 Å². The zero-order valence-corrected chi connectivity index (χ0v) is 19.6. The minimum absolute atomic E-state index is 0.198. The summed E-state index contributed by atoms with van der Waals surface area (Å²) in [6.45, 7) is 27.4. The van der Waals surface area contributed by atoms with Crippen molar-refractivity contribution in [3.8, 4) is 5.75 Å². The molecule has 0 heterocycles. The molecule has 26 heavy (non-hydrogen) atoms. The highest BCUT2D eigenvalue weighted by Gasteiger charge is 2.31. The van der Waals surface area contributed by atoms with E-state index in [0.29, 0.717) is 11.8 Å². The average molecular weight is 361 g/mol. The van der Waals surface area contributed by atoms with Crippen LogP contribution in [-0.2, 0) is 6.42 Å². The monoisotopic (exact) mass is 360 g/mol. The second kappa shape index (κ2) is 7.95. The summed E-state index contributed by atoms with van der Waals surface area (Å²) in [4.78, 5) is 0. The Labute approximate surface area is 163 Å². The Bertz CT molecular complexity index is 588. The molecular weight excluding hydrogens is 316 g/mol. The Kier molecular flexibility index (Phi) is 7.05. The minimum atomic E-state index is -0.198. The van der Waals surface area contributed by atoms with Crippen LogP contribution in [0.4, 0.5) is 0 Å². The second-order valence-corrected chi connectivity index (χ2v) is 11.5. The largest absolute Gasteiger partial charge is 0.488 e. The molecule has 1 atom stereocenters. The van der Waals surface area contributed by atoms with Crippen LogP contribution in [0.2, 0.25) is 0 Å². The van der Waals surface area contributed by atoms with E-state index in [2.05, 4.69) is 95.2 Å². The van der Waals surface area contributed by atoms with Gasteiger partial charge in [0.1, 0.15) is 11.4 Å². The van der Waals surface area contributed by atoms with Crippen molar-refractivity contribution in [1.82, 2.24) is 0 Å². The first-order valence-corrected chi connectivity index (χ1v) is 10.4. The molecule has 0 amide bonds. The van der Waals surface area contributed by atoms with Gasteiger partial charge in [0.2, 0.25) is 0 Å². The van der Waals surface area contributed by atoms with Crippen LogP contribution in [0.3, 0.4) is 0 Å². The van der Waals surface area contributed by atoms with Crippen LogP contribution in [0.5, 0.6) is 5.75 Å². The molecule has 0 fully saturated rings. The maximum atomic E-state index is 6.62. The molecule has 0 aliphatic heterocycles. The summed E-state index contributed by atoms with van der Waals surface area (Å²) in [7, 11) is 0. The van der Waals surface area contributed by atoms with E-state index in [0.717, 1.165) is 18.6 Å². The molecule has 1 aromatic carbocycles. The number of ether oxygens (including phenoxy) is 1. The van der Waals surface area contributed by atoms with Crippen LogP contribution in [0, 0.1) is 10.8 Å². The van der Waals surface area contributed by atoms with Crippen LogP contribution < -0.4 is 4.74 Å². The third-order valence-electron chi connectivity index (χ3n) is 4.84. The Balaban J connectivity index is 3.76. The summed E-state index contributed by atoms with van der Waals surface area (Å²) in [6, 6.07) is 4.83. The topological polar surface area (TPSA) is 9.23 Å². The standard InChI is InChI=1S/C25H44O/c1-13-21(24(7,8)9)20-15-18(17(2)3)14-19(16-23(4,5)6)22(20)26-25(10,11)12/h14-15,17,21H,13,16H2,1-12H3. The van der Waals surface area contributed by atoms with Gasteiger partial charge in [0.25, 0.3) is 0 Å². The predicted octanol–water partition coefficient (Wildman–Crippen LogP) is 8.12. The van der Waals surface area contributed by atoms with Gasteiger partial charge in [-0.2, -0.15) is 0 Å². The normalized spacial score (nSPS) is 14.7. The maximum Gasteiger partial charge on any atom is 0.126 e. The number of benzene rings is 1. The van der Waals surface area contributed by atoms with Gasteiger partial charge in [-0.05, 0) is 73.0 Å². The number of rotatable bonds is 5. The summed E-state index contributed by atoms with van der Waals surface area (Å²) >= 11 is 0. The molecule has 0 spiro atoms. The second-order valence-electron chi connectivity index (χ2n) is 11.5. The number of hydrogen-bond donors (Lipinski definition) is 0. The fourth-order valence-corrected chi connectivity index (χ4v) is 3.76. The Hall–Kier alpha value is -0.980. The van der Waals surface area contributed by atoms with Gasteiger partial charge in [0.05, 0.1) is 0 Å². The Morgan fingerprint density at radius 1 is 0.885 bits per heavy atom. The highest BCUT2D eigenvalue weighted by Crippen LogP contribution is 2.46. The van der Waals surface area contributed by atoms with Crippen molar-refractivity contribution in [2.45, 2.75) is 113 Å². The molecule has 1 aromatic rings. The molecule has 0 aromatic heterocycles. The maximum absolute atomic E-state index is 6.62. The molecule has 1 unspecified atom stereocenters. The minimum Gasteiger partial charge on any atom is -0.488 e. The highest BCUT2D eigenvalue weighted by molar-refractivity contribution is 5.49. The lowest BCUT2D eigenvalue weighted by Crippen LogP contribution is -2.27. The van der Waals surface area contributed by atoms with E-state index >= 15 is 0 Å². The summed E-state index contributed by atoms with van der Waals surface area (Å²) < 4.78 is 6.62. The summed E-state index contributed by atoms with van der Waals surface area (Å²) in [5, 5.41) is 0. The molecule has 0 aliphatic carbocycles. The SMILES string of the molecule is CCC(c1cc(C(C)C)cc(CC(C)(C)C)c1OC(C)(C)C)C(C)(C)C. The van der Waals surface area contributed by atoms with Crippen molar-refractivity contribution >= 4 is 0 Å². The van der Waals surface area contributed by atoms with Crippen LogP contribution in [0.1, 0.15) is 118 Å². The number of hydrogen-bond acceptors (Lipinski definition) is 1. The molecular formula is C25H44O. The van der Waals surface area contributed by atoms with Gasteiger partial charge < -0.3 is 4.74 Å². The van der Waals surface area contributed by atoms with Crippen molar-refractivity contribution in [2.24, 2.45) is 10.8 Å². The molecule has 1 nitrogen and oxygen atoms in total. The van der Waals surface area contributed by atoms with Crippen LogP contribution in [0.25, 0.3) is 0 Å². The molecule has 1 heteroatoms. The molecule has 150 valence electrons. The van der Waals surface area contributed by atoms with E-state index < -0.39 is 0 Å². The van der Waals surface area contributed by atoms with Gasteiger partial charge in [-0.1, -0.05) is 74.4 Å². The van der Waals surface area contributed by atoms with E-state index in [-0.39, 0.29) is 16.4 Å². The third kappa shape index (κ3) is 6.63. The first-order chi connectivity index (χ1) is 11.5. The lowest BCUT2D eigenvalue weighted by atomic mass is 9.73. The summed E-state index contributed by atoms with van der Waals surface area (Å²) in [6.07, 6.45) is 2.16. The molecule has 0 saturated heterocycles. The smallest absolute Gasteiger partial charge is 0.126 e. The van der Waals surface area contributed by atoms with Gasteiger partial charge in [-0.15, -0.1) is 0 Å². The van der Waals surface area contributed by atoms with Gasteiger partial charge in [-0.3, -0.25) is 0 Å². The van der Waals surface area contributed by atoms with Gasteiger partial charge in [0.15, 0.2) is 0 Å². The fourth-order valence-electron chi connectivity index (χ4n) is 3.76. The average Bonchev–Trinajstić information content (AvgIpc) is 2.37. The van der Waals surface area contributed by atoms with Gasteiger partial charge in [0, 0.05) is 0 Å². The zero-order valence-electron chi connectivity index (χ0n) is 19.6. The molecule has 0 bridgehead atoms. The van der Waals surface area contributed by atoms with Crippen molar-refractivity contribution in [3.63, 3.8) is 0 Å². The van der Waals surface area contributed by atoms with Crippen molar-refractivity contribution in [3.05, 3.63) is 28.8 Å². The first-order valence-electron chi connectivity index (χ1n) is 10.4. The van der Waals surface area contributed by atoms with Gasteiger partial charge in [-0.25, -0.2) is 0 Å². The predicted molar refractivity (Wildman–Crippen MR) is 117 cm³/mol. The molecule has 0 aliphatic rings. The molecule has 1 rings (SSSR count). The Morgan fingerprint density at radius 2 is 1.42 bits per heavy atom. The van der Waals surface area contributed by atoms with E-state index in [1.165, 1.54) is 16.7 Å².